The van der Waals surface area contributed by atoms with Crippen LogP contribution in [-0.2, 0) is 6.54 Å². The van der Waals surface area contributed by atoms with Crippen LogP contribution in [0.2, 0.25) is 0 Å². The number of aryl methyl sites for hydroxylation is 1. The Kier molecular flexibility index (Phi) is 2.93. The second-order valence-corrected chi connectivity index (χ2v) is 5.97. The van der Waals surface area contributed by atoms with Crippen LogP contribution in [0.1, 0.15) is 11.3 Å². The van der Waals surface area contributed by atoms with Gasteiger partial charge in [0.05, 0.1) is 29.5 Å². The number of rotatable bonds is 3. The Morgan fingerprint density at radius 1 is 1.00 bits per heavy atom. The van der Waals surface area contributed by atoms with Crippen molar-refractivity contribution in [1.82, 2.24) is 33.8 Å². The van der Waals surface area contributed by atoms with Crippen molar-refractivity contribution in [2.75, 3.05) is 0 Å². The molecule has 0 aliphatic carbocycles. The lowest BCUT2D eigenvalue weighted by atomic mass is 10.1. The Hall–Kier alpha value is -3.48. The lowest BCUT2D eigenvalue weighted by molar-refractivity contribution is 0.741. The molecular formula is C18H15N7. The van der Waals surface area contributed by atoms with Crippen molar-refractivity contribution in [3.63, 3.8) is 0 Å². The molecule has 5 rings (SSSR count). The van der Waals surface area contributed by atoms with Gasteiger partial charge in [0.1, 0.15) is 12.2 Å². The number of imidazole rings is 1. The highest BCUT2D eigenvalue weighted by Crippen LogP contribution is 2.26. The third-order valence-corrected chi connectivity index (χ3v) is 4.41. The van der Waals surface area contributed by atoms with E-state index in [0.717, 1.165) is 28.2 Å². The Morgan fingerprint density at radius 3 is 2.92 bits per heavy atom. The monoisotopic (exact) mass is 329 g/mol. The van der Waals surface area contributed by atoms with Crippen molar-refractivity contribution in [3.05, 3.63) is 72.7 Å². The predicted octanol–water partition coefficient (Wildman–Crippen LogP) is 2.60. The van der Waals surface area contributed by atoms with E-state index in [9.17, 15) is 0 Å². The van der Waals surface area contributed by atoms with Gasteiger partial charge in [-0.3, -0.25) is 0 Å². The second kappa shape index (κ2) is 5.27. The summed E-state index contributed by atoms with van der Waals surface area (Å²) >= 11 is 0. The van der Waals surface area contributed by atoms with Gasteiger partial charge in [-0.15, -0.1) is 0 Å². The average Bonchev–Trinajstić information content (AvgIpc) is 3.34. The number of hydrogen-bond donors (Lipinski definition) is 0. The zero-order chi connectivity index (χ0) is 16.8. The van der Waals surface area contributed by atoms with Crippen LogP contribution in [-0.4, -0.2) is 33.8 Å². The van der Waals surface area contributed by atoms with Crippen LogP contribution in [0.25, 0.3) is 22.6 Å². The molecule has 0 aromatic carbocycles. The van der Waals surface area contributed by atoms with Gasteiger partial charge in [-0.05, 0) is 30.7 Å². The molecule has 0 saturated heterocycles. The highest BCUT2D eigenvalue weighted by Gasteiger charge is 2.14. The highest BCUT2D eigenvalue weighted by atomic mass is 15.3. The van der Waals surface area contributed by atoms with Crippen LogP contribution >= 0.6 is 0 Å². The van der Waals surface area contributed by atoms with Crippen molar-refractivity contribution >= 4 is 11.2 Å². The van der Waals surface area contributed by atoms with Crippen LogP contribution < -0.4 is 0 Å². The largest absolute Gasteiger partial charge is 0.325 e. The molecule has 0 N–H and O–H groups in total. The Bertz CT molecular complexity index is 1190. The van der Waals surface area contributed by atoms with Crippen LogP contribution in [0.4, 0.5) is 0 Å². The van der Waals surface area contributed by atoms with E-state index in [2.05, 4.69) is 37.7 Å². The molecule has 0 saturated carbocycles. The van der Waals surface area contributed by atoms with E-state index >= 15 is 0 Å². The summed E-state index contributed by atoms with van der Waals surface area (Å²) in [6.07, 6.45) is 9.19. The summed E-state index contributed by atoms with van der Waals surface area (Å²) in [4.78, 5) is 8.83. The minimum Gasteiger partial charge on any atom is -0.325 e. The Balaban J connectivity index is 1.64. The zero-order valence-corrected chi connectivity index (χ0v) is 13.6. The third kappa shape index (κ3) is 2.13. The second-order valence-electron chi connectivity index (χ2n) is 5.97. The van der Waals surface area contributed by atoms with Crippen LogP contribution in [0.5, 0.6) is 0 Å². The molecule has 122 valence electrons. The van der Waals surface area contributed by atoms with E-state index in [4.69, 9.17) is 0 Å². The van der Waals surface area contributed by atoms with E-state index in [1.54, 1.807) is 6.33 Å². The molecule has 5 aromatic heterocycles. The molecule has 7 nitrogen and oxygen atoms in total. The zero-order valence-electron chi connectivity index (χ0n) is 13.6. The SMILES string of the molecule is Cc1cccn2ncc(-c3nccn3Cc3cccc4ncnn34)c12. The molecule has 0 amide bonds. The summed E-state index contributed by atoms with van der Waals surface area (Å²) in [5.74, 6) is 0.890. The molecule has 0 bridgehead atoms. The summed E-state index contributed by atoms with van der Waals surface area (Å²) in [5, 5.41) is 8.77. The van der Waals surface area contributed by atoms with Gasteiger partial charge in [0.2, 0.25) is 0 Å². The Labute approximate surface area is 143 Å². The smallest absolute Gasteiger partial charge is 0.155 e. The first-order valence-electron chi connectivity index (χ1n) is 8.03. The van der Waals surface area contributed by atoms with Crippen molar-refractivity contribution in [2.24, 2.45) is 0 Å². The van der Waals surface area contributed by atoms with Gasteiger partial charge in [-0.25, -0.2) is 19.0 Å². The molecule has 5 aromatic rings. The maximum atomic E-state index is 4.58. The summed E-state index contributed by atoms with van der Waals surface area (Å²) < 4.78 is 5.85. The van der Waals surface area contributed by atoms with Gasteiger partial charge in [0.25, 0.3) is 0 Å². The van der Waals surface area contributed by atoms with Crippen LogP contribution in [0.3, 0.4) is 0 Å². The van der Waals surface area contributed by atoms with Crippen molar-refractivity contribution in [1.29, 1.82) is 0 Å². The normalized spacial score (nSPS) is 11.6. The molecule has 0 fully saturated rings. The summed E-state index contributed by atoms with van der Waals surface area (Å²) in [5.41, 5.74) is 5.15. The third-order valence-electron chi connectivity index (χ3n) is 4.41. The molecule has 0 atom stereocenters. The van der Waals surface area contributed by atoms with Gasteiger partial charge in [-0.1, -0.05) is 12.1 Å². The number of nitrogens with zero attached hydrogens (tertiary/aromatic N) is 7. The number of fused-ring (bicyclic) bond motifs is 2. The standard InChI is InChI=1S/C18H15N7/c1-13-4-3-8-24-17(13)15(10-21-24)18-19-7-9-23(18)11-14-5-2-6-16-20-12-22-25(14)16/h2-10,12H,11H2,1H3. The number of pyridine rings is 2. The van der Waals surface area contributed by atoms with Gasteiger partial charge in [0, 0.05) is 18.6 Å². The Morgan fingerprint density at radius 2 is 1.96 bits per heavy atom. The van der Waals surface area contributed by atoms with E-state index < -0.39 is 0 Å². The molecule has 25 heavy (non-hydrogen) atoms. The minimum atomic E-state index is 0.652. The first-order valence-corrected chi connectivity index (χ1v) is 8.03. The van der Waals surface area contributed by atoms with Gasteiger partial charge in [0.15, 0.2) is 5.65 Å². The fraction of sp³-hybridized carbons (Fsp3) is 0.111. The van der Waals surface area contributed by atoms with E-state index in [-0.39, 0.29) is 0 Å². The maximum absolute atomic E-state index is 4.58. The summed E-state index contributed by atoms with van der Waals surface area (Å²) in [7, 11) is 0. The fourth-order valence-electron chi connectivity index (χ4n) is 3.26. The number of aromatic nitrogens is 7. The summed E-state index contributed by atoms with van der Waals surface area (Å²) in [6.45, 7) is 2.74. The molecule has 0 aliphatic heterocycles. The first kappa shape index (κ1) is 13.9. The van der Waals surface area contributed by atoms with Gasteiger partial charge < -0.3 is 4.57 Å². The molecule has 5 heterocycles. The lowest BCUT2D eigenvalue weighted by Gasteiger charge is -2.09. The average molecular weight is 329 g/mol. The van der Waals surface area contributed by atoms with Gasteiger partial charge in [-0.2, -0.15) is 10.2 Å². The molecule has 0 spiro atoms. The van der Waals surface area contributed by atoms with Crippen LogP contribution in [0, 0.1) is 6.92 Å². The highest BCUT2D eigenvalue weighted by molar-refractivity contribution is 5.78. The minimum absolute atomic E-state index is 0.652. The van der Waals surface area contributed by atoms with Crippen LogP contribution in [0.15, 0.2) is 61.4 Å². The molecule has 7 heteroatoms. The molecule has 0 unspecified atom stereocenters. The number of hydrogen-bond acceptors (Lipinski definition) is 4. The van der Waals surface area contributed by atoms with Crippen molar-refractivity contribution in [3.8, 4) is 11.4 Å². The fourth-order valence-corrected chi connectivity index (χ4v) is 3.26. The van der Waals surface area contributed by atoms with Crippen molar-refractivity contribution < 1.29 is 0 Å². The van der Waals surface area contributed by atoms with Crippen molar-refractivity contribution in [2.45, 2.75) is 13.5 Å². The molecule has 0 aliphatic rings. The lowest BCUT2D eigenvalue weighted by Crippen LogP contribution is -2.06. The quantitative estimate of drug-likeness (QED) is 0.510. The molecular weight excluding hydrogens is 314 g/mol. The van der Waals surface area contributed by atoms with E-state index in [0.29, 0.717) is 6.54 Å². The first-order chi connectivity index (χ1) is 12.3. The predicted molar refractivity (Wildman–Crippen MR) is 93.2 cm³/mol. The maximum Gasteiger partial charge on any atom is 0.155 e. The summed E-state index contributed by atoms with van der Waals surface area (Å²) in [6, 6.07) is 10.1. The topological polar surface area (TPSA) is 65.3 Å². The van der Waals surface area contributed by atoms with Gasteiger partial charge >= 0.3 is 0 Å². The van der Waals surface area contributed by atoms with E-state index in [1.807, 2.05) is 58.1 Å². The van der Waals surface area contributed by atoms with E-state index in [1.165, 1.54) is 5.56 Å². The molecule has 0 radical (unpaired) electrons.